The van der Waals surface area contributed by atoms with E-state index in [0.717, 1.165) is 37.7 Å². The van der Waals surface area contributed by atoms with Gasteiger partial charge < -0.3 is 9.63 Å². The first kappa shape index (κ1) is 14.3. The summed E-state index contributed by atoms with van der Waals surface area (Å²) in [4.78, 5) is 4.51. The van der Waals surface area contributed by atoms with Crippen LogP contribution in [-0.4, -0.2) is 21.4 Å². The summed E-state index contributed by atoms with van der Waals surface area (Å²) in [6.45, 7) is 2.13. The van der Waals surface area contributed by atoms with Crippen molar-refractivity contribution in [1.82, 2.24) is 10.1 Å². The van der Waals surface area contributed by atoms with Crippen molar-refractivity contribution in [3.05, 3.63) is 35.7 Å². The number of aromatic nitrogens is 2. The van der Waals surface area contributed by atoms with E-state index in [4.69, 9.17) is 4.52 Å². The zero-order valence-corrected chi connectivity index (χ0v) is 12.5. The van der Waals surface area contributed by atoms with Crippen LogP contribution in [0.1, 0.15) is 56.4 Å². The van der Waals surface area contributed by atoms with Gasteiger partial charge in [0.15, 0.2) is 0 Å². The van der Waals surface area contributed by atoms with E-state index in [2.05, 4.69) is 29.2 Å². The van der Waals surface area contributed by atoms with Gasteiger partial charge in [-0.2, -0.15) is 4.98 Å². The average Bonchev–Trinajstić information content (AvgIpc) is 2.90. The molecule has 3 rings (SSSR count). The monoisotopic (exact) mass is 286 g/mol. The Morgan fingerprint density at radius 3 is 2.67 bits per heavy atom. The van der Waals surface area contributed by atoms with Crippen LogP contribution in [-0.2, 0) is 6.42 Å². The van der Waals surface area contributed by atoms with Crippen molar-refractivity contribution in [2.45, 2.75) is 57.5 Å². The molecule has 0 radical (unpaired) electrons. The normalized spacial score (nSPS) is 23.0. The quantitative estimate of drug-likeness (QED) is 0.874. The summed E-state index contributed by atoms with van der Waals surface area (Å²) >= 11 is 0. The lowest BCUT2D eigenvalue weighted by Gasteiger charge is -2.15. The lowest BCUT2D eigenvalue weighted by Crippen LogP contribution is -2.17. The topological polar surface area (TPSA) is 59.2 Å². The van der Waals surface area contributed by atoms with Gasteiger partial charge >= 0.3 is 0 Å². The van der Waals surface area contributed by atoms with Crippen LogP contribution in [0, 0.1) is 0 Å². The Hall–Kier alpha value is -1.68. The number of hydrogen-bond donors (Lipinski definition) is 1. The van der Waals surface area contributed by atoms with Crippen molar-refractivity contribution in [1.29, 1.82) is 0 Å². The van der Waals surface area contributed by atoms with Crippen LogP contribution in [0.5, 0.6) is 0 Å². The Labute approximate surface area is 125 Å². The molecule has 1 aliphatic carbocycles. The molecule has 1 aromatic carbocycles. The predicted octanol–water partition coefficient (Wildman–Crippen LogP) is 3.71. The van der Waals surface area contributed by atoms with E-state index < -0.39 is 0 Å². The summed E-state index contributed by atoms with van der Waals surface area (Å²) in [6, 6.07) is 8.23. The first-order valence-electron chi connectivity index (χ1n) is 7.89. The van der Waals surface area contributed by atoms with Crippen LogP contribution in [0.3, 0.4) is 0 Å². The van der Waals surface area contributed by atoms with Gasteiger partial charge in [-0.3, -0.25) is 0 Å². The van der Waals surface area contributed by atoms with Crippen LogP contribution >= 0.6 is 0 Å². The van der Waals surface area contributed by atoms with Crippen LogP contribution < -0.4 is 0 Å². The molecule has 0 saturated heterocycles. The standard InChI is InChI=1S/C17H22N2O2/c1-2-12-8-10-13(11-9-12)16-18-17(21-19-16)14-6-4-3-5-7-15(14)20/h8-11,14-15,20H,2-7H2,1H3. The maximum atomic E-state index is 10.2. The summed E-state index contributed by atoms with van der Waals surface area (Å²) in [5.41, 5.74) is 2.26. The molecule has 0 bridgehead atoms. The number of aliphatic hydroxyl groups is 1. The van der Waals surface area contributed by atoms with Crippen molar-refractivity contribution >= 4 is 0 Å². The summed E-state index contributed by atoms with van der Waals surface area (Å²) in [5, 5.41) is 14.3. The van der Waals surface area contributed by atoms with Crippen molar-refractivity contribution in [3.63, 3.8) is 0 Å². The molecule has 112 valence electrons. The number of aryl methyl sites for hydroxylation is 1. The largest absolute Gasteiger partial charge is 0.392 e. The van der Waals surface area contributed by atoms with E-state index in [9.17, 15) is 5.11 Å². The fourth-order valence-corrected chi connectivity index (χ4v) is 2.97. The highest BCUT2D eigenvalue weighted by atomic mass is 16.5. The Balaban J connectivity index is 1.81. The third kappa shape index (κ3) is 3.16. The summed E-state index contributed by atoms with van der Waals surface area (Å²) < 4.78 is 5.42. The Kier molecular flexibility index (Phi) is 4.34. The van der Waals surface area contributed by atoms with Crippen molar-refractivity contribution in [3.8, 4) is 11.4 Å². The van der Waals surface area contributed by atoms with Crippen LogP contribution in [0.15, 0.2) is 28.8 Å². The minimum absolute atomic E-state index is 0.0105. The van der Waals surface area contributed by atoms with Gasteiger partial charge in [-0.1, -0.05) is 55.6 Å². The first-order valence-corrected chi connectivity index (χ1v) is 7.89. The average molecular weight is 286 g/mol. The van der Waals surface area contributed by atoms with Gasteiger partial charge in [0.05, 0.1) is 12.0 Å². The summed E-state index contributed by atoms with van der Waals surface area (Å²) in [5.74, 6) is 1.19. The SMILES string of the molecule is CCc1ccc(-c2noc(C3CCCCCC3O)n2)cc1. The zero-order valence-electron chi connectivity index (χ0n) is 12.5. The zero-order chi connectivity index (χ0) is 14.7. The Morgan fingerprint density at radius 2 is 1.90 bits per heavy atom. The highest BCUT2D eigenvalue weighted by Crippen LogP contribution is 2.32. The van der Waals surface area contributed by atoms with Gasteiger partial charge in [0.1, 0.15) is 0 Å². The highest BCUT2D eigenvalue weighted by molar-refractivity contribution is 5.54. The van der Waals surface area contributed by atoms with E-state index in [1.165, 1.54) is 12.0 Å². The van der Waals surface area contributed by atoms with Gasteiger partial charge in [0, 0.05) is 5.56 Å². The lowest BCUT2D eigenvalue weighted by atomic mass is 9.97. The van der Waals surface area contributed by atoms with E-state index in [1.54, 1.807) is 0 Å². The molecule has 0 spiro atoms. The minimum Gasteiger partial charge on any atom is -0.392 e. The molecule has 0 aliphatic heterocycles. The van der Waals surface area contributed by atoms with Gasteiger partial charge in [-0.25, -0.2) is 0 Å². The molecule has 1 aromatic heterocycles. The van der Waals surface area contributed by atoms with Crippen molar-refractivity contribution in [2.24, 2.45) is 0 Å². The highest BCUT2D eigenvalue weighted by Gasteiger charge is 2.28. The van der Waals surface area contributed by atoms with Gasteiger partial charge in [-0.05, 0) is 24.8 Å². The fraction of sp³-hybridized carbons (Fsp3) is 0.529. The van der Waals surface area contributed by atoms with Crippen molar-refractivity contribution < 1.29 is 9.63 Å². The molecule has 4 nitrogen and oxygen atoms in total. The molecular weight excluding hydrogens is 264 g/mol. The second-order valence-electron chi connectivity index (χ2n) is 5.82. The predicted molar refractivity (Wildman–Crippen MR) is 80.9 cm³/mol. The van der Waals surface area contributed by atoms with Gasteiger partial charge in [0.2, 0.25) is 11.7 Å². The Bertz CT molecular complexity index is 577. The molecule has 0 amide bonds. The summed E-state index contributed by atoms with van der Waals surface area (Å²) in [7, 11) is 0. The lowest BCUT2D eigenvalue weighted by molar-refractivity contribution is 0.119. The van der Waals surface area contributed by atoms with Crippen molar-refractivity contribution in [2.75, 3.05) is 0 Å². The van der Waals surface area contributed by atoms with E-state index >= 15 is 0 Å². The number of nitrogens with zero attached hydrogens (tertiary/aromatic N) is 2. The minimum atomic E-state index is -0.358. The number of aliphatic hydroxyl groups excluding tert-OH is 1. The fourth-order valence-electron chi connectivity index (χ4n) is 2.97. The van der Waals surface area contributed by atoms with Crippen LogP contribution in [0.4, 0.5) is 0 Å². The first-order chi connectivity index (χ1) is 10.3. The molecule has 2 atom stereocenters. The van der Waals surface area contributed by atoms with Crippen LogP contribution in [0.2, 0.25) is 0 Å². The van der Waals surface area contributed by atoms with E-state index in [-0.39, 0.29) is 12.0 Å². The number of rotatable bonds is 3. The van der Waals surface area contributed by atoms with E-state index in [1.807, 2.05) is 12.1 Å². The molecule has 1 saturated carbocycles. The Morgan fingerprint density at radius 1 is 1.14 bits per heavy atom. The smallest absolute Gasteiger partial charge is 0.232 e. The third-order valence-corrected chi connectivity index (χ3v) is 4.36. The molecule has 1 fully saturated rings. The molecule has 1 heterocycles. The number of hydrogen-bond acceptors (Lipinski definition) is 4. The third-order valence-electron chi connectivity index (χ3n) is 4.36. The second kappa shape index (κ2) is 6.39. The van der Waals surface area contributed by atoms with Gasteiger partial charge in [-0.15, -0.1) is 0 Å². The molecule has 4 heteroatoms. The van der Waals surface area contributed by atoms with E-state index in [0.29, 0.717) is 11.7 Å². The molecule has 2 unspecified atom stereocenters. The molecule has 2 aromatic rings. The maximum absolute atomic E-state index is 10.2. The van der Waals surface area contributed by atoms with Crippen LogP contribution in [0.25, 0.3) is 11.4 Å². The molecule has 21 heavy (non-hydrogen) atoms. The van der Waals surface area contributed by atoms with Gasteiger partial charge in [0.25, 0.3) is 0 Å². The number of benzene rings is 1. The molecular formula is C17H22N2O2. The maximum Gasteiger partial charge on any atom is 0.232 e. The summed E-state index contributed by atoms with van der Waals surface area (Å²) in [6.07, 6.45) is 5.79. The molecule has 1 N–H and O–H groups in total. The second-order valence-corrected chi connectivity index (χ2v) is 5.82. The molecule has 1 aliphatic rings.